The van der Waals surface area contributed by atoms with Gasteiger partial charge in [-0.3, -0.25) is 0 Å². The Bertz CT molecular complexity index is 917. The van der Waals surface area contributed by atoms with Crippen LogP contribution in [0, 0.1) is 0 Å². The molecule has 25 heavy (non-hydrogen) atoms. The van der Waals surface area contributed by atoms with Crippen molar-refractivity contribution in [2.45, 2.75) is 11.8 Å². The van der Waals surface area contributed by atoms with Crippen molar-refractivity contribution in [3.05, 3.63) is 53.6 Å². The molecule has 2 N–H and O–H groups in total. The minimum absolute atomic E-state index is 0.0230. The zero-order valence-corrected chi connectivity index (χ0v) is 13.8. The Morgan fingerprint density at radius 1 is 0.960 bits per heavy atom. The first-order chi connectivity index (χ1) is 11.7. The summed E-state index contributed by atoms with van der Waals surface area (Å²) in [4.78, 5) is 21.7. The molecule has 0 amide bonds. The van der Waals surface area contributed by atoms with E-state index >= 15 is 0 Å². The van der Waals surface area contributed by atoms with Crippen molar-refractivity contribution >= 4 is 22.1 Å². The first kappa shape index (κ1) is 18.3. The van der Waals surface area contributed by atoms with E-state index in [1.165, 1.54) is 18.2 Å². The van der Waals surface area contributed by atoms with E-state index in [1.54, 1.807) is 13.0 Å². The van der Waals surface area contributed by atoms with Gasteiger partial charge in [-0.1, -0.05) is 6.07 Å². The molecular weight excluding hydrogens is 352 g/mol. The number of hydrogen-bond acceptors (Lipinski definition) is 6. The molecule has 2 aromatic rings. The average Bonchev–Trinajstić information content (AvgIpc) is 2.54. The van der Waals surface area contributed by atoms with E-state index in [1.807, 2.05) is 0 Å². The zero-order valence-electron chi connectivity index (χ0n) is 13.0. The van der Waals surface area contributed by atoms with Crippen molar-refractivity contribution in [2.75, 3.05) is 6.61 Å². The zero-order chi connectivity index (χ0) is 18.6. The highest BCUT2D eigenvalue weighted by atomic mass is 32.2. The Hall–Kier alpha value is -3.07. The summed E-state index contributed by atoms with van der Waals surface area (Å²) in [5.41, 5.74) is -1.18. The lowest BCUT2D eigenvalue weighted by atomic mass is 10.1. The fourth-order valence-corrected chi connectivity index (χ4v) is 2.95. The molecule has 0 saturated heterocycles. The van der Waals surface area contributed by atoms with Gasteiger partial charge in [0.1, 0.15) is 16.4 Å². The average molecular weight is 366 g/mol. The molecule has 0 heterocycles. The van der Waals surface area contributed by atoms with E-state index in [0.717, 1.165) is 18.2 Å². The molecule has 0 unspecified atom stereocenters. The van der Waals surface area contributed by atoms with Crippen LogP contribution < -0.4 is 8.92 Å². The van der Waals surface area contributed by atoms with Gasteiger partial charge in [0.15, 0.2) is 0 Å². The van der Waals surface area contributed by atoms with Crippen LogP contribution in [-0.2, 0) is 10.1 Å². The van der Waals surface area contributed by atoms with Gasteiger partial charge >= 0.3 is 22.1 Å². The summed E-state index contributed by atoms with van der Waals surface area (Å²) in [5, 5.41) is 18.0. The molecule has 0 bridgehead atoms. The van der Waals surface area contributed by atoms with Crippen LogP contribution in [0.5, 0.6) is 11.5 Å². The van der Waals surface area contributed by atoms with Crippen molar-refractivity contribution in [3.8, 4) is 11.5 Å². The highest BCUT2D eigenvalue weighted by Crippen LogP contribution is 2.24. The van der Waals surface area contributed by atoms with Gasteiger partial charge in [0, 0.05) is 6.07 Å². The van der Waals surface area contributed by atoms with Crippen LogP contribution in [0.1, 0.15) is 27.6 Å². The van der Waals surface area contributed by atoms with Crippen LogP contribution >= 0.6 is 0 Å². The third-order valence-electron chi connectivity index (χ3n) is 3.06. The quantitative estimate of drug-likeness (QED) is 0.714. The lowest BCUT2D eigenvalue weighted by Gasteiger charge is -2.10. The highest BCUT2D eigenvalue weighted by Gasteiger charge is 2.23. The molecular formula is C16H14O8S. The Morgan fingerprint density at radius 3 is 2.20 bits per heavy atom. The van der Waals surface area contributed by atoms with E-state index in [-0.39, 0.29) is 5.75 Å². The van der Waals surface area contributed by atoms with Crippen molar-refractivity contribution in [2.24, 2.45) is 0 Å². The van der Waals surface area contributed by atoms with Gasteiger partial charge in [0.05, 0.1) is 17.7 Å². The lowest BCUT2D eigenvalue weighted by molar-refractivity contribution is 0.0651. The third kappa shape index (κ3) is 4.27. The molecule has 0 radical (unpaired) electrons. The first-order valence-electron chi connectivity index (χ1n) is 7.02. The maximum absolute atomic E-state index is 12.3. The van der Waals surface area contributed by atoms with E-state index < -0.39 is 38.1 Å². The summed E-state index contributed by atoms with van der Waals surface area (Å²) in [6.07, 6.45) is 0. The number of rotatable bonds is 7. The van der Waals surface area contributed by atoms with Gasteiger partial charge in [0.2, 0.25) is 0 Å². The number of carboxylic acid groups (broad SMARTS) is 2. The molecule has 8 nitrogen and oxygen atoms in total. The highest BCUT2D eigenvalue weighted by molar-refractivity contribution is 7.87. The van der Waals surface area contributed by atoms with Crippen LogP contribution in [-0.4, -0.2) is 37.2 Å². The largest absolute Gasteiger partial charge is 0.494 e. The van der Waals surface area contributed by atoms with Gasteiger partial charge in [-0.05, 0) is 37.3 Å². The summed E-state index contributed by atoms with van der Waals surface area (Å²) in [7, 11) is -4.36. The molecule has 9 heteroatoms. The molecule has 0 aliphatic rings. The maximum Gasteiger partial charge on any atom is 0.339 e. The topological polar surface area (TPSA) is 127 Å². The number of carboxylic acids is 2. The van der Waals surface area contributed by atoms with E-state index in [9.17, 15) is 18.0 Å². The fourth-order valence-electron chi connectivity index (χ4n) is 2.00. The fraction of sp³-hybridized carbons (Fsp3) is 0.125. The molecule has 0 aliphatic heterocycles. The Balaban J connectivity index is 2.40. The van der Waals surface area contributed by atoms with E-state index in [2.05, 4.69) is 0 Å². The molecule has 0 aliphatic carbocycles. The van der Waals surface area contributed by atoms with Crippen molar-refractivity contribution in [1.29, 1.82) is 0 Å². The molecule has 2 rings (SSSR count). The maximum atomic E-state index is 12.3. The predicted molar refractivity (Wildman–Crippen MR) is 85.8 cm³/mol. The van der Waals surface area contributed by atoms with Gasteiger partial charge in [-0.25, -0.2) is 9.59 Å². The van der Waals surface area contributed by atoms with Gasteiger partial charge < -0.3 is 19.1 Å². The molecule has 0 aromatic heterocycles. The normalized spacial score (nSPS) is 10.9. The van der Waals surface area contributed by atoms with Crippen LogP contribution in [0.25, 0.3) is 0 Å². The van der Waals surface area contributed by atoms with Crippen LogP contribution in [0.15, 0.2) is 47.4 Å². The summed E-state index contributed by atoms with van der Waals surface area (Å²) in [6.45, 7) is 2.15. The van der Waals surface area contributed by atoms with E-state index in [0.29, 0.717) is 12.4 Å². The molecule has 0 atom stereocenters. The van der Waals surface area contributed by atoms with Gasteiger partial charge in [0.25, 0.3) is 0 Å². The smallest absolute Gasteiger partial charge is 0.339 e. The molecule has 132 valence electrons. The lowest BCUT2D eigenvalue weighted by Crippen LogP contribution is -2.14. The number of ether oxygens (including phenoxy) is 1. The number of hydrogen-bond donors (Lipinski definition) is 2. The Kier molecular flexibility index (Phi) is 5.28. The van der Waals surface area contributed by atoms with Crippen LogP contribution in [0.2, 0.25) is 0 Å². The second kappa shape index (κ2) is 7.22. The predicted octanol–water partition coefficient (Wildman–Crippen LogP) is 2.25. The van der Waals surface area contributed by atoms with Crippen LogP contribution in [0.3, 0.4) is 0 Å². The Morgan fingerprint density at radius 2 is 1.60 bits per heavy atom. The SMILES string of the molecule is CCOc1cccc(OS(=O)(=O)c2ccc(C(=O)O)c(C(=O)O)c2)c1. The second-order valence-corrected chi connectivity index (χ2v) is 6.31. The molecule has 0 fully saturated rings. The third-order valence-corrected chi connectivity index (χ3v) is 4.31. The minimum atomic E-state index is -4.36. The molecule has 0 spiro atoms. The molecule has 2 aromatic carbocycles. The standard InChI is InChI=1S/C16H14O8S/c1-2-23-10-4-3-5-11(8-10)24-25(21,22)12-6-7-13(15(17)18)14(9-12)16(19)20/h3-9H,2H2,1H3,(H,17,18)(H,19,20). The van der Waals surface area contributed by atoms with Gasteiger partial charge in [-0.2, -0.15) is 8.42 Å². The number of benzene rings is 2. The van der Waals surface area contributed by atoms with Crippen molar-refractivity contribution in [1.82, 2.24) is 0 Å². The summed E-state index contributed by atoms with van der Waals surface area (Å²) in [6, 6.07) is 8.53. The van der Waals surface area contributed by atoms with E-state index in [4.69, 9.17) is 19.1 Å². The second-order valence-electron chi connectivity index (χ2n) is 4.76. The first-order valence-corrected chi connectivity index (χ1v) is 8.43. The van der Waals surface area contributed by atoms with Crippen molar-refractivity contribution in [3.63, 3.8) is 0 Å². The van der Waals surface area contributed by atoms with Crippen molar-refractivity contribution < 1.29 is 37.1 Å². The number of carbonyl (C=O) groups is 2. The Labute approximate surface area is 143 Å². The summed E-state index contributed by atoms with van der Waals surface area (Å²) < 4.78 is 34.9. The summed E-state index contributed by atoms with van der Waals surface area (Å²) >= 11 is 0. The molecule has 0 saturated carbocycles. The minimum Gasteiger partial charge on any atom is -0.494 e. The van der Waals surface area contributed by atoms with Gasteiger partial charge in [-0.15, -0.1) is 0 Å². The summed E-state index contributed by atoms with van der Waals surface area (Å²) in [5.74, 6) is -2.66. The van der Waals surface area contributed by atoms with Crippen LogP contribution in [0.4, 0.5) is 0 Å². The number of aromatic carboxylic acids is 2. The monoisotopic (exact) mass is 366 g/mol.